The van der Waals surface area contributed by atoms with Crippen molar-refractivity contribution >= 4 is 48.5 Å². The highest BCUT2D eigenvalue weighted by Gasteiger charge is 2.22. The molecule has 0 N–H and O–H groups in total. The molecule has 26 heavy (non-hydrogen) atoms. The maximum atomic E-state index is 13.1. The zero-order valence-corrected chi connectivity index (χ0v) is 16.3. The predicted octanol–water partition coefficient (Wildman–Crippen LogP) is 4.75. The number of hydrogen-bond acceptors (Lipinski definition) is 4. The van der Waals surface area contributed by atoms with Gasteiger partial charge in [0.05, 0.1) is 20.6 Å². The highest BCUT2D eigenvalue weighted by atomic mass is 79.9. The van der Waals surface area contributed by atoms with Crippen molar-refractivity contribution in [3.8, 4) is 11.3 Å². The molecule has 8 heteroatoms. The summed E-state index contributed by atoms with van der Waals surface area (Å²) in [6.07, 6.45) is 3.11. The van der Waals surface area contributed by atoms with Crippen molar-refractivity contribution in [3.05, 3.63) is 76.7 Å². The largest absolute Gasteiger partial charge is 0.268 e. The van der Waals surface area contributed by atoms with Gasteiger partial charge in [-0.15, -0.1) is 0 Å². The van der Waals surface area contributed by atoms with Gasteiger partial charge in [0.2, 0.25) is 5.28 Å². The van der Waals surface area contributed by atoms with Crippen LogP contribution in [0.4, 0.5) is 0 Å². The fraction of sp³-hybridized carbons (Fsp3) is 0. The minimum Gasteiger partial charge on any atom is -0.240 e. The summed E-state index contributed by atoms with van der Waals surface area (Å²) in [5.74, 6) is 0. The number of rotatable bonds is 3. The molecule has 2 aromatic carbocycles. The smallest absolute Gasteiger partial charge is 0.240 e. The summed E-state index contributed by atoms with van der Waals surface area (Å²) in [5.41, 5.74) is 1.74. The summed E-state index contributed by atoms with van der Waals surface area (Å²) >= 11 is 9.36. The molecule has 4 rings (SSSR count). The molecule has 2 aromatic heterocycles. The van der Waals surface area contributed by atoms with E-state index in [9.17, 15) is 8.42 Å². The third-order valence-corrected chi connectivity index (χ3v) is 6.40. The first-order valence-corrected chi connectivity index (χ1v) is 10.2. The van der Waals surface area contributed by atoms with E-state index < -0.39 is 10.0 Å². The standard InChI is InChI=1S/C18H11BrClN3O2S/c19-15-10-21-18(20)22-17(15)14-11-23(16-9-5-4-8-13(14)16)26(24,25)12-6-2-1-3-7-12/h1-11H. The van der Waals surface area contributed by atoms with E-state index in [0.717, 1.165) is 5.39 Å². The van der Waals surface area contributed by atoms with Crippen molar-refractivity contribution in [1.82, 2.24) is 13.9 Å². The van der Waals surface area contributed by atoms with Gasteiger partial charge in [-0.25, -0.2) is 22.4 Å². The second-order valence-corrected chi connectivity index (χ2v) is 8.52. The molecular formula is C18H11BrClN3O2S. The van der Waals surface area contributed by atoms with Gasteiger partial charge in [0.25, 0.3) is 10.0 Å². The predicted molar refractivity (Wildman–Crippen MR) is 105 cm³/mol. The molecule has 2 heterocycles. The highest BCUT2D eigenvalue weighted by molar-refractivity contribution is 9.10. The Balaban J connectivity index is 2.04. The number of hydrogen-bond donors (Lipinski definition) is 0. The molecule has 0 saturated heterocycles. The lowest BCUT2D eigenvalue weighted by atomic mass is 10.1. The Bertz CT molecular complexity index is 1220. The first kappa shape index (κ1) is 17.2. The monoisotopic (exact) mass is 447 g/mol. The van der Waals surface area contributed by atoms with E-state index in [2.05, 4.69) is 25.9 Å². The summed E-state index contributed by atoms with van der Waals surface area (Å²) in [5, 5.41) is 0.841. The summed E-state index contributed by atoms with van der Waals surface area (Å²) in [6.45, 7) is 0. The normalized spacial score (nSPS) is 11.8. The van der Waals surface area contributed by atoms with E-state index in [0.29, 0.717) is 21.2 Å². The number of nitrogens with zero attached hydrogens (tertiary/aromatic N) is 3. The molecule has 130 valence electrons. The Morgan fingerprint density at radius 1 is 1.00 bits per heavy atom. The molecular weight excluding hydrogens is 438 g/mol. The van der Waals surface area contributed by atoms with Crippen LogP contribution in [-0.2, 0) is 10.0 Å². The fourth-order valence-corrected chi connectivity index (χ4v) is 4.71. The van der Waals surface area contributed by atoms with Crippen LogP contribution in [-0.4, -0.2) is 22.4 Å². The molecule has 0 saturated carbocycles. The van der Waals surface area contributed by atoms with Crippen LogP contribution in [0.25, 0.3) is 22.2 Å². The average molecular weight is 449 g/mol. The summed E-state index contributed by atoms with van der Waals surface area (Å²) < 4.78 is 28.2. The zero-order chi connectivity index (χ0) is 18.3. The molecule has 0 aliphatic heterocycles. The van der Waals surface area contributed by atoms with Crippen LogP contribution in [0.5, 0.6) is 0 Å². The second kappa shape index (κ2) is 6.50. The van der Waals surface area contributed by atoms with Crippen molar-refractivity contribution in [2.45, 2.75) is 4.90 Å². The van der Waals surface area contributed by atoms with E-state index in [-0.39, 0.29) is 10.2 Å². The first-order chi connectivity index (χ1) is 12.5. The summed E-state index contributed by atoms with van der Waals surface area (Å²) in [7, 11) is -3.75. The van der Waals surface area contributed by atoms with Gasteiger partial charge in [-0.3, -0.25) is 0 Å². The van der Waals surface area contributed by atoms with Crippen LogP contribution >= 0.6 is 27.5 Å². The lowest BCUT2D eigenvalue weighted by Crippen LogP contribution is -2.11. The molecule has 0 spiro atoms. The highest BCUT2D eigenvalue weighted by Crippen LogP contribution is 2.35. The Hall–Kier alpha value is -2.22. The molecule has 0 aliphatic rings. The van der Waals surface area contributed by atoms with E-state index in [1.54, 1.807) is 54.9 Å². The Morgan fingerprint density at radius 3 is 2.46 bits per heavy atom. The van der Waals surface area contributed by atoms with Gasteiger partial charge in [0, 0.05) is 23.3 Å². The van der Waals surface area contributed by atoms with Crippen LogP contribution in [0.2, 0.25) is 5.28 Å². The van der Waals surface area contributed by atoms with E-state index in [4.69, 9.17) is 11.6 Å². The quantitative estimate of drug-likeness (QED) is 0.424. The van der Waals surface area contributed by atoms with Gasteiger partial charge in [0.1, 0.15) is 0 Å². The van der Waals surface area contributed by atoms with Crippen molar-refractivity contribution in [3.63, 3.8) is 0 Å². The summed E-state index contributed by atoms with van der Waals surface area (Å²) in [6, 6.07) is 15.6. The lowest BCUT2D eigenvalue weighted by molar-refractivity contribution is 0.589. The third-order valence-electron chi connectivity index (χ3n) is 3.95. The number of halogens is 2. The molecule has 0 fully saturated rings. The van der Waals surface area contributed by atoms with Crippen molar-refractivity contribution in [2.24, 2.45) is 0 Å². The molecule has 4 aromatic rings. The number of para-hydroxylation sites is 1. The Kier molecular flexibility index (Phi) is 4.30. The molecule has 5 nitrogen and oxygen atoms in total. The molecule has 0 amide bonds. The number of aromatic nitrogens is 3. The first-order valence-electron chi connectivity index (χ1n) is 7.57. The fourth-order valence-electron chi connectivity index (χ4n) is 2.78. The average Bonchev–Trinajstić information content (AvgIpc) is 3.05. The van der Waals surface area contributed by atoms with Gasteiger partial charge in [-0.1, -0.05) is 36.4 Å². The van der Waals surface area contributed by atoms with Gasteiger partial charge in [-0.05, 0) is 45.7 Å². The third kappa shape index (κ3) is 2.82. The minimum atomic E-state index is -3.75. The van der Waals surface area contributed by atoms with Crippen molar-refractivity contribution in [2.75, 3.05) is 0 Å². The minimum absolute atomic E-state index is 0.0888. The molecule has 0 radical (unpaired) electrons. The van der Waals surface area contributed by atoms with Crippen molar-refractivity contribution in [1.29, 1.82) is 0 Å². The van der Waals surface area contributed by atoms with Gasteiger partial charge >= 0.3 is 0 Å². The van der Waals surface area contributed by atoms with E-state index in [1.807, 2.05) is 12.1 Å². The molecule has 0 aliphatic carbocycles. The lowest BCUT2D eigenvalue weighted by Gasteiger charge is -2.07. The van der Waals surface area contributed by atoms with E-state index in [1.165, 1.54) is 3.97 Å². The van der Waals surface area contributed by atoms with Gasteiger partial charge in [-0.2, -0.15) is 0 Å². The SMILES string of the molecule is O=S(=O)(c1ccccc1)n1cc(-c2nc(Cl)ncc2Br)c2ccccc21. The van der Waals surface area contributed by atoms with Crippen LogP contribution < -0.4 is 0 Å². The second-order valence-electron chi connectivity index (χ2n) is 5.51. The molecule has 0 unspecified atom stereocenters. The van der Waals surface area contributed by atoms with Gasteiger partial charge in [0.15, 0.2) is 0 Å². The Morgan fingerprint density at radius 2 is 1.69 bits per heavy atom. The van der Waals surface area contributed by atoms with Crippen LogP contribution in [0.15, 0.2) is 76.4 Å². The summed E-state index contributed by atoms with van der Waals surface area (Å²) in [4.78, 5) is 8.41. The number of benzene rings is 2. The molecule has 0 bridgehead atoms. The van der Waals surface area contributed by atoms with Gasteiger partial charge < -0.3 is 0 Å². The van der Waals surface area contributed by atoms with Crippen LogP contribution in [0, 0.1) is 0 Å². The van der Waals surface area contributed by atoms with Crippen LogP contribution in [0.3, 0.4) is 0 Å². The maximum absolute atomic E-state index is 13.1. The number of fused-ring (bicyclic) bond motifs is 1. The van der Waals surface area contributed by atoms with Crippen LogP contribution in [0.1, 0.15) is 0 Å². The van der Waals surface area contributed by atoms with E-state index >= 15 is 0 Å². The zero-order valence-electron chi connectivity index (χ0n) is 13.2. The topological polar surface area (TPSA) is 64.8 Å². The molecule has 0 atom stereocenters. The Labute approximate surface area is 163 Å². The van der Waals surface area contributed by atoms with Crippen molar-refractivity contribution < 1.29 is 8.42 Å². The maximum Gasteiger partial charge on any atom is 0.268 e.